The summed E-state index contributed by atoms with van der Waals surface area (Å²) in [5.74, 6) is -1.46. The lowest BCUT2D eigenvalue weighted by Gasteiger charge is -2.15. The summed E-state index contributed by atoms with van der Waals surface area (Å²) < 4.78 is 61.7. The minimum absolute atomic E-state index is 0.390. The molecule has 5 nitrogen and oxygen atoms in total. The average Bonchev–Trinajstić information content (AvgIpc) is 3.31. The van der Waals surface area contributed by atoms with Crippen LogP contribution in [-0.2, 0) is 6.18 Å². The van der Waals surface area contributed by atoms with Gasteiger partial charge in [-0.05, 0) is 32.0 Å². The zero-order chi connectivity index (χ0) is 22.3. The number of furan rings is 1. The van der Waals surface area contributed by atoms with Crippen LogP contribution in [0, 0.1) is 12.7 Å². The van der Waals surface area contributed by atoms with Gasteiger partial charge in [0.25, 0.3) is 5.91 Å². The minimum atomic E-state index is -4.94. The van der Waals surface area contributed by atoms with E-state index in [9.17, 15) is 22.4 Å². The van der Waals surface area contributed by atoms with Gasteiger partial charge in [0.1, 0.15) is 22.8 Å². The van der Waals surface area contributed by atoms with E-state index in [0.29, 0.717) is 16.0 Å². The van der Waals surface area contributed by atoms with E-state index in [1.54, 1.807) is 26.0 Å². The van der Waals surface area contributed by atoms with Crippen LogP contribution < -0.4 is 5.32 Å². The second-order valence-electron chi connectivity index (χ2n) is 7.05. The molecule has 0 saturated heterocycles. The number of para-hydroxylation sites is 2. The van der Waals surface area contributed by atoms with Gasteiger partial charge in [0.15, 0.2) is 5.69 Å². The van der Waals surface area contributed by atoms with Gasteiger partial charge in [-0.1, -0.05) is 30.3 Å². The first-order valence-electron chi connectivity index (χ1n) is 9.37. The van der Waals surface area contributed by atoms with Gasteiger partial charge in [-0.25, -0.2) is 9.07 Å². The summed E-state index contributed by atoms with van der Waals surface area (Å²) in [5.41, 5.74) is -1.09. The second-order valence-corrected chi connectivity index (χ2v) is 7.05. The molecule has 0 fully saturated rings. The standard InChI is InChI=1S/C22H17F4N3O2/c1-12-14-7-3-6-10-18(14)31-19(12)13(2)28-21(30)15-11-27-29(20(15)22(24,25)26)17-9-5-4-8-16(17)23/h3-11,13H,1-2H3,(H,28,30). The highest BCUT2D eigenvalue weighted by molar-refractivity contribution is 5.96. The summed E-state index contributed by atoms with van der Waals surface area (Å²) in [6.45, 7) is 3.42. The number of fused-ring (bicyclic) bond motifs is 1. The molecule has 1 N–H and O–H groups in total. The normalized spacial score (nSPS) is 12.8. The Hall–Kier alpha value is -3.62. The van der Waals surface area contributed by atoms with Crippen molar-refractivity contribution in [1.82, 2.24) is 15.1 Å². The summed E-state index contributed by atoms with van der Waals surface area (Å²) in [6.07, 6.45) is -4.16. The predicted molar refractivity (Wildman–Crippen MR) is 105 cm³/mol. The number of alkyl halides is 3. The summed E-state index contributed by atoms with van der Waals surface area (Å²) >= 11 is 0. The second kappa shape index (κ2) is 7.57. The van der Waals surface area contributed by atoms with E-state index in [-0.39, 0.29) is 0 Å². The topological polar surface area (TPSA) is 60.1 Å². The minimum Gasteiger partial charge on any atom is -0.459 e. The Morgan fingerprint density at radius 3 is 2.48 bits per heavy atom. The van der Waals surface area contributed by atoms with E-state index >= 15 is 0 Å². The number of nitrogens with one attached hydrogen (secondary N) is 1. The summed E-state index contributed by atoms with van der Waals surface area (Å²) in [6, 6.07) is 11.4. The molecule has 1 atom stereocenters. The van der Waals surface area contributed by atoms with E-state index < -0.39 is 40.9 Å². The van der Waals surface area contributed by atoms with Crippen molar-refractivity contribution in [2.24, 2.45) is 0 Å². The molecule has 160 valence electrons. The van der Waals surface area contributed by atoms with E-state index in [2.05, 4.69) is 10.4 Å². The highest BCUT2D eigenvalue weighted by Gasteiger charge is 2.41. The third kappa shape index (κ3) is 3.67. The van der Waals surface area contributed by atoms with Gasteiger partial charge in [0, 0.05) is 10.9 Å². The van der Waals surface area contributed by atoms with Crippen molar-refractivity contribution in [3.05, 3.63) is 83.1 Å². The molecule has 0 aliphatic rings. The molecule has 2 aromatic heterocycles. The smallest absolute Gasteiger partial charge is 0.434 e. The van der Waals surface area contributed by atoms with Crippen LogP contribution in [0.15, 0.2) is 59.1 Å². The number of aryl methyl sites for hydroxylation is 1. The van der Waals surface area contributed by atoms with E-state index in [1.807, 2.05) is 12.1 Å². The highest BCUT2D eigenvalue weighted by Crippen LogP contribution is 2.35. The van der Waals surface area contributed by atoms with Crippen LogP contribution in [0.1, 0.15) is 40.3 Å². The number of rotatable bonds is 4. The van der Waals surface area contributed by atoms with Crippen molar-refractivity contribution in [2.45, 2.75) is 26.1 Å². The third-order valence-corrected chi connectivity index (χ3v) is 4.98. The highest BCUT2D eigenvalue weighted by atomic mass is 19.4. The van der Waals surface area contributed by atoms with E-state index in [1.165, 1.54) is 12.1 Å². The van der Waals surface area contributed by atoms with Crippen molar-refractivity contribution >= 4 is 16.9 Å². The summed E-state index contributed by atoms with van der Waals surface area (Å²) in [7, 11) is 0. The average molecular weight is 431 g/mol. The van der Waals surface area contributed by atoms with Crippen molar-refractivity contribution in [3.8, 4) is 5.69 Å². The zero-order valence-electron chi connectivity index (χ0n) is 16.5. The van der Waals surface area contributed by atoms with Crippen molar-refractivity contribution in [2.75, 3.05) is 0 Å². The number of carbonyl (C=O) groups is 1. The Balaban J connectivity index is 1.70. The molecule has 31 heavy (non-hydrogen) atoms. The summed E-state index contributed by atoms with van der Waals surface area (Å²) in [4.78, 5) is 12.8. The SMILES string of the molecule is Cc1c(C(C)NC(=O)c2cnn(-c3ccccc3F)c2C(F)(F)F)oc2ccccc12. The zero-order valence-corrected chi connectivity index (χ0v) is 16.5. The Morgan fingerprint density at radius 1 is 1.13 bits per heavy atom. The monoisotopic (exact) mass is 431 g/mol. The molecule has 0 aliphatic heterocycles. The molecule has 0 aliphatic carbocycles. The molecular weight excluding hydrogens is 414 g/mol. The van der Waals surface area contributed by atoms with Gasteiger partial charge < -0.3 is 9.73 Å². The molecule has 0 saturated carbocycles. The predicted octanol–water partition coefficient (Wildman–Crippen LogP) is 5.58. The first-order valence-corrected chi connectivity index (χ1v) is 9.37. The maximum Gasteiger partial charge on any atom is 0.434 e. The molecule has 9 heteroatoms. The number of amides is 1. The summed E-state index contributed by atoms with van der Waals surface area (Å²) in [5, 5.41) is 7.01. The van der Waals surface area contributed by atoms with Crippen LogP contribution in [0.25, 0.3) is 16.7 Å². The lowest BCUT2D eigenvalue weighted by Crippen LogP contribution is -2.29. The van der Waals surface area contributed by atoms with E-state index in [0.717, 1.165) is 29.3 Å². The first kappa shape index (κ1) is 20.6. The van der Waals surface area contributed by atoms with Crippen molar-refractivity contribution < 1.29 is 26.8 Å². The number of hydrogen-bond donors (Lipinski definition) is 1. The van der Waals surface area contributed by atoms with Crippen LogP contribution >= 0.6 is 0 Å². The Labute approximate surface area is 174 Å². The molecule has 0 bridgehead atoms. The van der Waals surface area contributed by atoms with Crippen LogP contribution in [0.4, 0.5) is 17.6 Å². The van der Waals surface area contributed by atoms with Gasteiger partial charge in [0.05, 0.1) is 17.8 Å². The van der Waals surface area contributed by atoms with Crippen LogP contribution in [0.2, 0.25) is 0 Å². The Morgan fingerprint density at radius 2 is 1.81 bits per heavy atom. The Bertz CT molecular complexity index is 1270. The fourth-order valence-corrected chi connectivity index (χ4v) is 3.54. The number of carbonyl (C=O) groups excluding carboxylic acids is 1. The fourth-order valence-electron chi connectivity index (χ4n) is 3.54. The molecule has 1 unspecified atom stereocenters. The first-order chi connectivity index (χ1) is 14.7. The van der Waals surface area contributed by atoms with Gasteiger partial charge >= 0.3 is 6.18 Å². The molecular formula is C22H17F4N3O2. The molecule has 4 aromatic rings. The Kier molecular flexibility index (Phi) is 5.04. The molecule has 2 heterocycles. The van der Waals surface area contributed by atoms with Gasteiger partial charge in [-0.3, -0.25) is 4.79 Å². The molecule has 0 radical (unpaired) electrons. The number of aromatic nitrogens is 2. The van der Waals surface area contributed by atoms with E-state index in [4.69, 9.17) is 4.42 Å². The van der Waals surface area contributed by atoms with Crippen LogP contribution in [-0.4, -0.2) is 15.7 Å². The van der Waals surface area contributed by atoms with Gasteiger partial charge in [-0.15, -0.1) is 0 Å². The molecule has 0 spiro atoms. The lowest BCUT2D eigenvalue weighted by atomic mass is 10.1. The third-order valence-electron chi connectivity index (χ3n) is 4.98. The largest absolute Gasteiger partial charge is 0.459 e. The van der Waals surface area contributed by atoms with Crippen molar-refractivity contribution in [1.29, 1.82) is 0 Å². The van der Waals surface area contributed by atoms with Crippen molar-refractivity contribution in [3.63, 3.8) is 0 Å². The number of nitrogens with zero attached hydrogens (tertiary/aromatic N) is 2. The number of hydrogen-bond acceptors (Lipinski definition) is 3. The molecule has 1 amide bonds. The molecule has 4 rings (SSSR count). The quantitative estimate of drug-likeness (QED) is 0.430. The number of halogens is 4. The maximum atomic E-state index is 14.1. The van der Waals surface area contributed by atoms with Crippen LogP contribution in [0.5, 0.6) is 0 Å². The van der Waals surface area contributed by atoms with Gasteiger partial charge in [-0.2, -0.15) is 18.3 Å². The molecule has 2 aromatic carbocycles. The van der Waals surface area contributed by atoms with Crippen LogP contribution in [0.3, 0.4) is 0 Å². The lowest BCUT2D eigenvalue weighted by molar-refractivity contribution is -0.143. The van der Waals surface area contributed by atoms with Gasteiger partial charge in [0.2, 0.25) is 0 Å². The maximum absolute atomic E-state index is 14.1. The number of benzene rings is 2. The fraction of sp³-hybridized carbons (Fsp3) is 0.182.